The number of amides is 3. The molecule has 20 heavy (non-hydrogen) atoms. The van der Waals surface area contributed by atoms with Crippen molar-refractivity contribution in [2.45, 2.75) is 26.3 Å². The van der Waals surface area contributed by atoms with Crippen molar-refractivity contribution in [2.24, 2.45) is 5.73 Å². The third-order valence-corrected chi connectivity index (χ3v) is 3.04. The van der Waals surface area contributed by atoms with E-state index in [1.54, 1.807) is 0 Å². The summed E-state index contributed by atoms with van der Waals surface area (Å²) >= 11 is 0. The molecule has 0 saturated carbocycles. The fourth-order valence-corrected chi connectivity index (χ4v) is 1.53. The number of nitrogens with zero attached hydrogens (tertiary/aromatic N) is 2. The van der Waals surface area contributed by atoms with Gasteiger partial charge in [0.15, 0.2) is 0 Å². The molecule has 0 spiro atoms. The lowest BCUT2D eigenvalue weighted by Gasteiger charge is -2.24. The maximum Gasteiger partial charge on any atom is 0.323 e. The van der Waals surface area contributed by atoms with Crippen molar-refractivity contribution in [1.82, 2.24) is 15.1 Å². The third-order valence-electron chi connectivity index (χ3n) is 3.04. The Morgan fingerprint density at radius 1 is 1.30 bits per heavy atom. The average molecular weight is 288 g/mol. The number of carboxylic acid groups (broad SMARTS) is 1. The van der Waals surface area contributed by atoms with Gasteiger partial charge in [0, 0.05) is 19.1 Å². The number of likely N-dealkylation sites (N-methyl/N-ethyl adjacent to an activating group) is 1. The number of aliphatic carboxylic acids is 1. The molecule has 0 heterocycles. The summed E-state index contributed by atoms with van der Waals surface area (Å²) in [5.41, 5.74) is 4.98. The molecule has 1 unspecified atom stereocenters. The van der Waals surface area contributed by atoms with E-state index in [0.717, 1.165) is 11.3 Å². The van der Waals surface area contributed by atoms with Gasteiger partial charge in [-0.15, -0.1) is 0 Å². The molecule has 8 heteroatoms. The lowest BCUT2D eigenvalue weighted by molar-refractivity contribution is -0.137. The topological polar surface area (TPSA) is 116 Å². The van der Waals surface area contributed by atoms with E-state index >= 15 is 0 Å². The molecule has 0 aliphatic rings. The van der Waals surface area contributed by atoms with Crippen LogP contribution in [0.2, 0.25) is 0 Å². The van der Waals surface area contributed by atoms with E-state index < -0.39 is 31.0 Å². The minimum absolute atomic E-state index is 0.370. The van der Waals surface area contributed by atoms with Crippen LogP contribution in [0.3, 0.4) is 0 Å². The van der Waals surface area contributed by atoms with Crippen LogP contribution in [0.25, 0.3) is 0 Å². The fourth-order valence-electron chi connectivity index (χ4n) is 1.53. The number of rotatable bonds is 9. The summed E-state index contributed by atoms with van der Waals surface area (Å²) in [6.07, 6.45) is 0.997. The Kier molecular flexibility index (Phi) is 8.30. The van der Waals surface area contributed by atoms with E-state index in [1.165, 1.54) is 0 Å². The number of carbonyl (C=O) groups excluding carboxylic acids is 2. The molecule has 1 atom stereocenters. The van der Waals surface area contributed by atoms with Gasteiger partial charge in [-0.2, -0.15) is 0 Å². The normalized spacial score (nSPS) is 12.0. The predicted molar refractivity (Wildman–Crippen MR) is 74.2 cm³/mol. The van der Waals surface area contributed by atoms with Gasteiger partial charge in [0.25, 0.3) is 0 Å². The van der Waals surface area contributed by atoms with Gasteiger partial charge in [-0.05, 0) is 20.4 Å². The van der Waals surface area contributed by atoms with Gasteiger partial charge in [0.2, 0.25) is 5.91 Å². The number of nitrogens with two attached hydrogens (primary N) is 1. The molecule has 3 amide bonds. The van der Waals surface area contributed by atoms with Crippen LogP contribution in [-0.4, -0.2) is 72.1 Å². The highest BCUT2D eigenvalue weighted by atomic mass is 16.4. The maximum atomic E-state index is 11.8. The minimum atomic E-state index is -1.20. The van der Waals surface area contributed by atoms with Gasteiger partial charge in [0.05, 0.1) is 0 Å². The molecule has 8 nitrogen and oxygen atoms in total. The quantitative estimate of drug-likeness (QED) is 0.519. The zero-order valence-electron chi connectivity index (χ0n) is 12.3. The lowest BCUT2D eigenvalue weighted by Crippen LogP contribution is -2.48. The van der Waals surface area contributed by atoms with Crippen LogP contribution in [0.4, 0.5) is 4.79 Å². The van der Waals surface area contributed by atoms with E-state index in [0.29, 0.717) is 19.1 Å². The minimum Gasteiger partial charge on any atom is -0.480 e. The van der Waals surface area contributed by atoms with Gasteiger partial charge in [-0.1, -0.05) is 6.92 Å². The van der Waals surface area contributed by atoms with Crippen molar-refractivity contribution < 1.29 is 19.5 Å². The smallest absolute Gasteiger partial charge is 0.323 e. The van der Waals surface area contributed by atoms with Crippen LogP contribution < -0.4 is 11.1 Å². The molecule has 0 rings (SSSR count). The van der Waals surface area contributed by atoms with Crippen molar-refractivity contribution in [3.8, 4) is 0 Å². The van der Waals surface area contributed by atoms with Crippen molar-refractivity contribution in [2.75, 3.05) is 33.2 Å². The van der Waals surface area contributed by atoms with Crippen molar-refractivity contribution in [3.63, 3.8) is 0 Å². The zero-order valence-corrected chi connectivity index (χ0v) is 12.3. The van der Waals surface area contributed by atoms with Crippen molar-refractivity contribution in [3.05, 3.63) is 0 Å². The largest absolute Gasteiger partial charge is 0.480 e. The van der Waals surface area contributed by atoms with Crippen LogP contribution >= 0.6 is 0 Å². The Morgan fingerprint density at radius 3 is 2.35 bits per heavy atom. The van der Waals surface area contributed by atoms with E-state index in [4.69, 9.17) is 10.8 Å². The first-order valence-electron chi connectivity index (χ1n) is 6.51. The molecule has 0 bridgehead atoms. The molecule has 0 aromatic heterocycles. The van der Waals surface area contributed by atoms with Crippen molar-refractivity contribution >= 4 is 17.9 Å². The summed E-state index contributed by atoms with van der Waals surface area (Å²) in [5.74, 6) is -1.95. The summed E-state index contributed by atoms with van der Waals surface area (Å²) in [5, 5.41) is 11.3. The SMILES string of the molecule is CCC(C)N(C)CCNC(=O)N(CC(N)=O)CC(=O)O. The highest BCUT2D eigenvalue weighted by molar-refractivity contribution is 5.85. The Morgan fingerprint density at radius 2 is 1.90 bits per heavy atom. The van der Waals surface area contributed by atoms with Gasteiger partial charge in [-0.25, -0.2) is 4.79 Å². The maximum absolute atomic E-state index is 11.8. The molecule has 0 fully saturated rings. The Bertz CT molecular complexity index is 332. The lowest BCUT2D eigenvalue weighted by atomic mass is 10.2. The third kappa shape index (κ3) is 7.57. The summed E-state index contributed by atoms with van der Waals surface area (Å²) in [6, 6.07) is -0.212. The molecule has 0 aliphatic carbocycles. The molecule has 0 radical (unpaired) electrons. The van der Waals surface area contributed by atoms with Crippen LogP contribution in [-0.2, 0) is 9.59 Å². The fraction of sp³-hybridized carbons (Fsp3) is 0.750. The average Bonchev–Trinajstić information content (AvgIpc) is 2.35. The van der Waals surface area contributed by atoms with Crippen LogP contribution in [0, 0.1) is 0 Å². The summed E-state index contributed by atoms with van der Waals surface area (Å²) in [4.78, 5) is 36.1. The van der Waals surface area contributed by atoms with Crippen LogP contribution in [0.1, 0.15) is 20.3 Å². The highest BCUT2D eigenvalue weighted by Gasteiger charge is 2.18. The van der Waals surface area contributed by atoms with Crippen LogP contribution in [0.5, 0.6) is 0 Å². The summed E-state index contributed by atoms with van der Waals surface area (Å²) in [6.45, 7) is 4.18. The predicted octanol–water partition coefficient (Wildman–Crippen LogP) is -0.702. The van der Waals surface area contributed by atoms with Gasteiger partial charge in [0.1, 0.15) is 13.1 Å². The van der Waals surface area contributed by atoms with Crippen LogP contribution in [0.15, 0.2) is 0 Å². The monoisotopic (exact) mass is 288 g/mol. The molecule has 0 aliphatic heterocycles. The Balaban J connectivity index is 4.25. The van der Waals surface area contributed by atoms with E-state index in [9.17, 15) is 14.4 Å². The zero-order chi connectivity index (χ0) is 15.7. The van der Waals surface area contributed by atoms with Gasteiger partial charge < -0.3 is 26.0 Å². The second-order valence-corrected chi connectivity index (χ2v) is 4.69. The number of hydrogen-bond donors (Lipinski definition) is 3. The second-order valence-electron chi connectivity index (χ2n) is 4.69. The molecule has 0 aromatic rings. The number of primary amides is 1. The van der Waals surface area contributed by atoms with Crippen molar-refractivity contribution in [1.29, 1.82) is 0 Å². The first kappa shape index (κ1) is 18.2. The number of urea groups is 1. The number of nitrogens with one attached hydrogen (secondary N) is 1. The first-order valence-corrected chi connectivity index (χ1v) is 6.51. The van der Waals surface area contributed by atoms with E-state index in [-0.39, 0.29) is 0 Å². The number of carbonyl (C=O) groups is 3. The summed E-state index contributed by atoms with van der Waals surface area (Å²) < 4.78 is 0. The van der Waals surface area contributed by atoms with E-state index in [1.807, 2.05) is 7.05 Å². The number of carboxylic acids is 1. The molecule has 0 saturated heterocycles. The molecule has 0 aromatic carbocycles. The molecule has 4 N–H and O–H groups in total. The first-order chi connectivity index (χ1) is 9.27. The Hall–Kier alpha value is -1.83. The van der Waals surface area contributed by atoms with Gasteiger partial charge in [-0.3, -0.25) is 9.59 Å². The van der Waals surface area contributed by atoms with Gasteiger partial charge >= 0.3 is 12.0 Å². The Labute approximate surface area is 118 Å². The molecule has 116 valence electrons. The molecular weight excluding hydrogens is 264 g/mol. The highest BCUT2D eigenvalue weighted by Crippen LogP contribution is 1.98. The number of hydrogen-bond acceptors (Lipinski definition) is 4. The van der Waals surface area contributed by atoms with E-state index in [2.05, 4.69) is 24.1 Å². The molecular formula is C12H24N4O4. The standard InChI is InChI=1S/C12H24N4O4/c1-4-9(2)15(3)6-5-14-12(20)16(7-10(13)17)8-11(18)19/h9H,4-8H2,1-3H3,(H2,13,17)(H,14,20)(H,18,19). The second kappa shape index (κ2) is 9.13. The summed E-state index contributed by atoms with van der Waals surface area (Å²) in [7, 11) is 1.94.